The van der Waals surface area contributed by atoms with Crippen molar-refractivity contribution in [2.75, 3.05) is 5.32 Å². The van der Waals surface area contributed by atoms with Gasteiger partial charge < -0.3 is 10.4 Å². The number of benzene rings is 3. The van der Waals surface area contributed by atoms with Crippen LogP contribution < -0.4 is 5.32 Å². The van der Waals surface area contributed by atoms with E-state index in [1.165, 1.54) is 6.07 Å². The Balaban J connectivity index is 1.83. The Morgan fingerprint density at radius 1 is 1.12 bits per heavy atom. The zero-order chi connectivity index (χ0) is 18.0. The van der Waals surface area contributed by atoms with Crippen molar-refractivity contribution in [3.8, 4) is 5.75 Å². The quantitative estimate of drug-likeness (QED) is 0.558. The molecular weight excluding hydrogens is 327 g/mol. The SMILES string of the molecule is O=C(Cc1ccc(F)c([N+](=O)[O-])c1)Nc1cccc2c(O)cccc12. The maximum atomic E-state index is 13.4. The zero-order valence-electron chi connectivity index (χ0n) is 12.9. The predicted octanol–water partition coefficient (Wildman–Crippen LogP) is 3.77. The molecule has 0 radical (unpaired) electrons. The van der Waals surface area contributed by atoms with E-state index in [9.17, 15) is 24.4 Å². The average Bonchev–Trinajstić information content (AvgIpc) is 2.57. The zero-order valence-corrected chi connectivity index (χ0v) is 12.9. The smallest absolute Gasteiger partial charge is 0.305 e. The average molecular weight is 340 g/mol. The Hall–Kier alpha value is -3.48. The fourth-order valence-electron chi connectivity index (χ4n) is 2.59. The number of nitro groups is 1. The van der Waals surface area contributed by atoms with Crippen molar-refractivity contribution in [1.29, 1.82) is 0 Å². The van der Waals surface area contributed by atoms with Gasteiger partial charge in [0.25, 0.3) is 0 Å². The summed E-state index contributed by atoms with van der Waals surface area (Å²) >= 11 is 0. The molecule has 3 aromatic carbocycles. The summed E-state index contributed by atoms with van der Waals surface area (Å²) in [7, 11) is 0. The number of nitrogens with one attached hydrogen (secondary N) is 1. The topological polar surface area (TPSA) is 92.5 Å². The monoisotopic (exact) mass is 340 g/mol. The van der Waals surface area contributed by atoms with Crippen molar-refractivity contribution in [3.63, 3.8) is 0 Å². The molecule has 0 aliphatic rings. The normalized spacial score (nSPS) is 10.6. The minimum Gasteiger partial charge on any atom is -0.507 e. The summed E-state index contributed by atoms with van der Waals surface area (Å²) in [6.07, 6.45) is -0.143. The Bertz CT molecular complexity index is 988. The van der Waals surface area contributed by atoms with Gasteiger partial charge in [0, 0.05) is 22.5 Å². The fraction of sp³-hybridized carbons (Fsp3) is 0.0556. The van der Waals surface area contributed by atoms with Crippen LogP contribution in [0.25, 0.3) is 10.8 Å². The first-order valence-corrected chi connectivity index (χ1v) is 7.39. The molecule has 25 heavy (non-hydrogen) atoms. The van der Waals surface area contributed by atoms with Gasteiger partial charge in [-0.05, 0) is 23.8 Å². The van der Waals surface area contributed by atoms with Crippen LogP contribution in [0.3, 0.4) is 0 Å². The summed E-state index contributed by atoms with van der Waals surface area (Å²) in [4.78, 5) is 22.2. The van der Waals surface area contributed by atoms with Crippen LogP contribution >= 0.6 is 0 Å². The number of amides is 1. The molecular formula is C18H13FN2O4. The lowest BCUT2D eigenvalue weighted by atomic mass is 10.1. The minimum absolute atomic E-state index is 0.0998. The number of carbonyl (C=O) groups is 1. The molecule has 0 saturated heterocycles. The van der Waals surface area contributed by atoms with E-state index < -0.39 is 22.3 Å². The number of hydrogen-bond acceptors (Lipinski definition) is 4. The van der Waals surface area contributed by atoms with Gasteiger partial charge in [-0.25, -0.2) is 0 Å². The maximum Gasteiger partial charge on any atom is 0.305 e. The molecule has 0 heterocycles. The van der Waals surface area contributed by atoms with E-state index in [0.29, 0.717) is 22.0 Å². The van der Waals surface area contributed by atoms with Crippen LogP contribution in [0, 0.1) is 15.9 Å². The summed E-state index contributed by atoms with van der Waals surface area (Å²) < 4.78 is 13.4. The van der Waals surface area contributed by atoms with Gasteiger partial charge in [0.15, 0.2) is 0 Å². The third-order valence-electron chi connectivity index (χ3n) is 3.75. The fourth-order valence-corrected chi connectivity index (χ4v) is 2.59. The maximum absolute atomic E-state index is 13.4. The molecule has 7 heteroatoms. The third kappa shape index (κ3) is 3.40. The van der Waals surface area contributed by atoms with Crippen LogP contribution in [-0.2, 0) is 11.2 Å². The predicted molar refractivity (Wildman–Crippen MR) is 91.0 cm³/mol. The molecule has 0 atom stereocenters. The van der Waals surface area contributed by atoms with Crippen LogP contribution in [0.2, 0.25) is 0 Å². The highest BCUT2D eigenvalue weighted by Gasteiger charge is 2.16. The molecule has 6 nitrogen and oxygen atoms in total. The van der Waals surface area contributed by atoms with Crippen molar-refractivity contribution in [2.24, 2.45) is 0 Å². The van der Waals surface area contributed by atoms with Gasteiger partial charge in [0.2, 0.25) is 11.7 Å². The highest BCUT2D eigenvalue weighted by Crippen LogP contribution is 2.30. The number of halogens is 1. The number of aromatic hydroxyl groups is 1. The highest BCUT2D eigenvalue weighted by atomic mass is 19.1. The van der Waals surface area contributed by atoms with E-state index in [2.05, 4.69) is 5.32 Å². The lowest BCUT2D eigenvalue weighted by Crippen LogP contribution is -2.14. The van der Waals surface area contributed by atoms with E-state index in [-0.39, 0.29) is 12.2 Å². The Morgan fingerprint density at radius 3 is 2.60 bits per heavy atom. The Labute approximate surface area is 141 Å². The second-order valence-corrected chi connectivity index (χ2v) is 5.45. The van der Waals surface area contributed by atoms with Crippen LogP contribution in [0.4, 0.5) is 15.8 Å². The van der Waals surface area contributed by atoms with Crippen molar-refractivity contribution >= 4 is 28.1 Å². The number of nitro benzene ring substituents is 1. The number of phenolic OH excluding ortho intramolecular Hbond substituents is 1. The molecule has 0 bridgehead atoms. The van der Waals surface area contributed by atoms with E-state index in [1.807, 2.05) is 0 Å². The van der Waals surface area contributed by atoms with Crippen LogP contribution in [0.5, 0.6) is 5.75 Å². The third-order valence-corrected chi connectivity index (χ3v) is 3.75. The number of anilines is 1. The first kappa shape index (κ1) is 16.4. The molecule has 3 aromatic rings. The van der Waals surface area contributed by atoms with Gasteiger partial charge in [0.05, 0.1) is 11.3 Å². The van der Waals surface area contributed by atoms with Crippen LogP contribution in [0.15, 0.2) is 54.6 Å². The lowest BCUT2D eigenvalue weighted by molar-refractivity contribution is -0.387. The molecule has 2 N–H and O–H groups in total. The second-order valence-electron chi connectivity index (χ2n) is 5.45. The van der Waals surface area contributed by atoms with Gasteiger partial charge in [0.1, 0.15) is 5.75 Å². The first-order valence-electron chi connectivity index (χ1n) is 7.39. The lowest BCUT2D eigenvalue weighted by Gasteiger charge is -2.10. The molecule has 0 fully saturated rings. The largest absolute Gasteiger partial charge is 0.507 e. The number of nitrogens with zero attached hydrogens (tertiary/aromatic N) is 1. The van der Waals surface area contributed by atoms with Crippen LogP contribution in [-0.4, -0.2) is 15.9 Å². The summed E-state index contributed by atoms with van der Waals surface area (Å²) in [5.41, 5.74) is 0.170. The minimum atomic E-state index is -0.946. The molecule has 3 rings (SSSR count). The number of rotatable bonds is 4. The molecule has 0 aliphatic heterocycles. The van der Waals surface area contributed by atoms with E-state index in [1.54, 1.807) is 36.4 Å². The number of hydrogen-bond donors (Lipinski definition) is 2. The summed E-state index contributed by atoms with van der Waals surface area (Å²) in [5, 5.41) is 24.6. The van der Waals surface area contributed by atoms with E-state index in [4.69, 9.17) is 0 Å². The van der Waals surface area contributed by atoms with Gasteiger partial charge in [-0.1, -0.05) is 30.3 Å². The molecule has 0 unspecified atom stereocenters. The molecule has 0 spiro atoms. The van der Waals surface area contributed by atoms with Crippen molar-refractivity contribution in [3.05, 3.63) is 76.1 Å². The Kier molecular flexibility index (Phi) is 4.30. The standard InChI is InChI=1S/C18H13FN2O4/c19-14-8-7-11(9-16(14)21(24)25)10-18(23)20-15-5-1-4-13-12(15)3-2-6-17(13)22/h1-9,22H,10H2,(H,20,23). The summed E-state index contributed by atoms with van der Waals surface area (Å²) in [5.74, 6) is -1.25. The van der Waals surface area contributed by atoms with Gasteiger partial charge in [-0.15, -0.1) is 0 Å². The van der Waals surface area contributed by atoms with E-state index in [0.717, 1.165) is 12.1 Å². The van der Waals surface area contributed by atoms with Crippen molar-refractivity contribution < 1.29 is 19.2 Å². The second kappa shape index (κ2) is 6.56. The van der Waals surface area contributed by atoms with Gasteiger partial charge in [-0.2, -0.15) is 4.39 Å². The summed E-state index contributed by atoms with van der Waals surface area (Å²) in [6, 6.07) is 13.4. The van der Waals surface area contributed by atoms with Crippen molar-refractivity contribution in [2.45, 2.75) is 6.42 Å². The Morgan fingerprint density at radius 2 is 1.84 bits per heavy atom. The number of carbonyl (C=O) groups excluding carboxylic acids is 1. The molecule has 126 valence electrons. The number of fused-ring (bicyclic) bond motifs is 1. The van der Waals surface area contributed by atoms with Gasteiger partial charge >= 0.3 is 5.69 Å². The number of phenols is 1. The summed E-state index contributed by atoms with van der Waals surface area (Å²) in [6.45, 7) is 0. The molecule has 0 saturated carbocycles. The molecule has 1 amide bonds. The van der Waals surface area contributed by atoms with E-state index >= 15 is 0 Å². The highest BCUT2D eigenvalue weighted by molar-refractivity contribution is 6.04. The van der Waals surface area contributed by atoms with Crippen molar-refractivity contribution in [1.82, 2.24) is 0 Å². The first-order chi connectivity index (χ1) is 12.0. The molecule has 0 aliphatic carbocycles. The van der Waals surface area contributed by atoms with Crippen LogP contribution in [0.1, 0.15) is 5.56 Å². The van der Waals surface area contributed by atoms with Gasteiger partial charge in [-0.3, -0.25) is 14.9 Å². The molecule has 0 aromatic heterocycles.